The molecule has 0 bridgehead atoms. The van der Waals surface area contributed by atoms with Crippen molar-refractivity contribution in [1.82, 2.24) is 9.80 Å². The van der Waals surface area contributed by atoms with Gasteiger partial charge in [0.15, 0.2) is 0 Å². The Kier molecular flexibility index (Phi) is 6.77. The Labute approximate surface area is 223 Å². The van der Waals surface area contributed by atoms with Crippen LogP contribution in [0.25, 0.3) is 0 Å². The lowest BCUT2D eigenvalue weighted by molar-refractivity contribution is -0.143. The summed E-state index contributed by atoms with van der Waals surface area (Å²) in [5.74, 6) is -1.47. The van der Waals surface area contributed by atoms with E-state index in [2.05, 4.69) is 12.2 Å². The van der Waals surface area contributed by atoms with Gasteiger partial charge in [0, 0.05) is 43.2 Å². The number of hydrogen-bond donors (Lipinski definition) is 1. The molecule has 3 amide bonds. The molecule has 0 aliphatic carbocycles. The van der Waals surface area contributed by atoms with Crippen molar-refractivity contribution in [3.63, 3.8) is 0 Å². The van der Waals surface area contributed by atoms with E-state index >= 15 is 0 Å². The topological polar surface area (TPSA) is 81.2 Å². The van der Waals surface area contributed by atoms with Crippen LogP contribution < -0.4 is 4.90 Å². The molecular weight excluding hydrogens is 486 g/mol. The zero-order valence-corrected chi connectivity index (χ0v) is 23.0. The molecule has 5 atom stereocenters. The van der Waals surface area contributed by atoms with Gasteiger partial charge in [-0.05, 0) is 50.8 Å². The fourth-order valence-electron chi connectivity index (χ4n) is 6.75. The minimum absolute atomic E-state index is 0.00341. The van der Waals surface area contributed by atoms with E-state index in [4.69, 9.17) is 0 Å². The average Bonchev–Trinajstić information content (AvgIpc) is 3.13. The lowest BCUT2D eigenvalue weighted by atomic mass is 9.74. The molecule has 198 valence electrons. The predicted octanol–water partition coefficient (Wildman–Crippen LogP) is 3.08. The molecule has 0 radical (unpaired) electrons. The summed E-state index contributed by atoms with van der Waals surface area (Å²) in [6.45, 7) is 9.90. The number of aliphatic hydroxyl groups excluding tert-OH is 1. The van der Waals surface area contributed by atoms with Gasteiger partial charge in [-0.15, -0.1) is 11.8 Å². The van der Waals surface area contributed by atoms with Crippen LogP contribution in [-0.2, 0) is 14.4 Å². The van der Waals surface area contributed by atoms with Crippen LogP contribution in [0.15, 0.2) is 42.5 Å². The van der Waals surface area contributed by atoms with E-state index in [1.807, 2.05) is 62.9 Å². The van der Waals surface area contributed by atoms with E-state index in [0.717, 1.165) is 23.2 Å². The summed E-state index contributed by atoms with van der Waals surface area (Å²) in [5, 5.41) is 9.61. The number of benzene rings is 1. The minimum Gasteiger partial charge on any atom is -0.396 e. The van der Waals surface area contributed by atoms with Gasteiger partial charge in [0.1, 0.15) is 6.04 Å². The first-order valence-corrected chi connectivity index (χ1v) is 14.1. The number of anilines is 1. The number of likely N-dealkylation sites (tertiary alicyclic amines) is 1. The zero-order chi connectivity index (χ0) is 26.5. The maximum absolute atomic E-state index is 14.5. The maximum Gasteiger partial charge on any atom is 0.251 e. The molecule has 4 aliphatic rings. The van der Waals surface area contributed by atoms with Crippen molar-refractivity contribution in [1.29, 1.82) is 0 Å². The zero-order valence-electron chi connectivity index (χ0n) is 22.1. The number of carbonyl (C=O) groups is 3. The van der Waals surface area contributed by atoms with E-state index in [1.165, 1.54) is 0 Å². The SMILES string of the molecule is CCCN1CC=C[C@]2(C)S[C@]34C=CCN(c5cc(C)ccc5C)C(=O)C3N(CCCO)C(=O)[C@@H]4[C@@H]2C1=O. The van der Waals surface area contributed by atoms with Crippen molar-refractivity contribution < 1.29 is 19.5 Å². The van der Waals surface area contributed by atoms with Crippen LogP contribution in [0.4, 0.5) is 5.69 Å². The van der Waals surface area contributed by atoms with Crippen LogP contribution in [0.1, 0.15) is 37.8 Å². The molecule has 2 saturated heterocycles. The van der Waals surface area contributed by atoms with Gasteiger partial charge in [-0.1, -0.05) is 43.4 Å². The molecule has 5 rings (SSSR count). The van der Waals surface area contributed by atoms with E-state index in [0.29, 0.717) is 26.1 Å². The lowest BCUT2D eigenvalue weighted by Gasteiger charge is -2.37. The molecular formula is C29H37N3O4S. The highest BCUT2D eigenvalue weighted by Crippen LogP contribution is 2.65. The number of carbonyl (C=O) groups excluding carboxylic acids is 3. The maximum atomic E-state index is 14.5. The Morgan fingerprint density at radius 3 is 2.49 bits per heavy atom. The van der Waals surface area contributed by atoms with Crippen LogP contribution in [0.3, 0.4) is 0 Å². The first kappa shape index (κ1) is 26.0. The van der Waals surface area contributed by atoms with Crippen molar-refractivity contribution >= 4 is 35.2 Å². The van der Waals surface area contributed by atoms with Crippen molar-refractivity contribution in [3.05, 3.63) is 53.6 Å². The summed E-state index contributed by atoms with van der Waals surface area (Å²) in [5.41, 5.74) is 2.90. The second-order valence-electron chi connectivity index (χ2n) is 10.9. The van der Waals surface area contributed by atoms with Crippen molar-refractivity contribution in [2.45, 2.75) is 56.1 Å². The molecule has 1 spiro atoms. The smallest absolute Gasteiger partial charge is 0.251 e. The molecule has 1 N–H and O–H groups in total. The highest BCUT2D eigenvalue weighted by Gasteiger charge is 2.73. The molecule has 37 heavy (non-hydrogen) atoms. The van der Waals surface area contributed by atoms with Crippen molar-refractivity contribution in [3.8, 4) is 0 Å². The summed E-state index contributed by atoms with van der Waals surface area (Å²) in [6, 6.07) is 5.32. The molecule has 4 aliphatic heterocycles. The predicted molar refractivity (Wildman–Crippen MR) is 146 cm³/mol. The quantitative estimate of drug-likeness (QED) is 0.580. The number of aryl methyl sites for hydroxylation is 2. The van der Waals surface area contributed by atoms with Crippen molar-refractivity contribution in [2.75, 3.05) is 37.7 Å². The highest BCUT2D eigenvalue weighted by molar-refractivity contribution is 8.02. The molecule has 4 heterocycles. The van der Waals surface area contributed by atoms with Crippen LogP contribution in [-0.4, -0.2) is 80.9 Å². The molecule has 0 aromatic heterocycles. The first-order valence-electron chi connectivity index (χ1n) is 13.3. The van der Waals surface area contributed by atoms with Gasteiger partial charge >= 0.3 is 0 Å². The van der Waals surface area contributed by atoms with Gasteiger partial charge in [-0.25, -0.2) is 0 Å². The minimum atomic E-state index is -0.856. The van der Waals surface area contributed by atoms with Gasteiger partial charge in [-0.2, -0.15) is 0 Å². The Balaban J connectivity index is 1.64. The van der Waals surface area contributed by atoms with Crippen LogP contribution in [0.2, 0.25) is 0 Å². The molecule has 0 saturated carbocycles. The summed E-state index contributed by atoms with van der Waals surface area (Å²) in [7, 11) is 0. The number of thioether (sulfide) groups is 1. The second kappa shape index (κ2) is 9.62. The van der Waals surface area contributed by atoms with Gasteiger partial charge in [0.05, 0.1) is 16.6 Å². The number of aliphatic hydroxyl groups is 1. The molecule has 1 unspecified atom stereocenters. The van der Waals surface area contributed by atoms with Crippen molar-refractivity contribution in [2.24, 2.45) is 11.8 Å². The third kappa shape index (κ3) is 3.95. The van der Waals surface area contributed by atoms with Gasteiger partial charge in [-0.3, -0.25) is 14.4 Å². The van der Waals surface area contributed by atoms with E-state index in [9.17, 15) is 19.5 Å². The van der Waals surface area contributed by atoms with E-state index in [-0.39, 0.29) is 30.9 Å². The Morgan fingerprint density at radius 1 is 1.00 bits per heavy atom. The number of hydrogen-bond acceptors (Lipinski definition) is 5. The standard InChI is InChI=1S/C29H37N3O4S/c1-5-13-30-14-6-11-28(4)22(25(30)34)23-26(35)32(16-8-17-33)24-27(36)31(15-7-12-29(23,24)37-28)21-18-19(2)9-10-20(21)3/h6-7,9-12,18,22-24,33H,5,8,13-17H2,1-4H3/t22-,23+,24?,28+,29+/m1/s1. The first-order chi connectivity index (χ1) is 17.7. The fourth-order valence-corrected chi connectivity index (χ4v) is 8.91. The number of amides is 3. The lowest BCUT2D eigenvalue weighted by Crippen LogP contribution is -2.53. The Hall–Kier alpha value is -2.58. The van der Waals surface area contributed by atoms with Gasteiger partial charge in [0.2, 0.25) is 11.8 Å². The van der Waals surface area contributed by atoms with E-state index in [1.54, 1.807) is 21.6 Å². The van der Waals surface area contributed by atoms with Crippen LogP contribution in [0, 0.1) is 25.7 Å². The van der Waals surface area contributed by atoms with Gasteiger partial charge in [0.25, 0.3) is 5.91 Å². The second-order valence-corrected chi connectivity index (χ2v) is 12.7. The molecule has 1 aromatic rings. The normalized spacial score (nSPS) is 32.9. The number of nitrogens with zero attached hydrogens (tertiary/aromatic N) is 3. The highest BCUT2D eigenvalue weighted by atomic mass is 32.2. The van der Waals surface area contributed by atoms with Crippen LogP contribution >= 0.6 is 11.8 Å². The largest absolute Gasteiger partial charge is 0.396 e. The Morgan fingerprint density at radius 2 is 1.76 bits per heavy atom. The third-order valence-electron chi connectivity index (χ3n) is 8.35. The van der Waals surface area contributed by atoms with E-state index < -0.39 is 27.4 Å². The summed E-state index contributed by atoms with van der Waals surface area (Å²) >= 11 is 1.61. The fraction of sp³-hybridized carbons (Fsp3) is 0.552. The molecule has 7 nitrogen and oxygen atoms in total. The summed E-state index contributed by atoms with van der Waals surface area (Å²) in [6.07, 6.45) is 9.43. The van der Waals surface area contributed by atoms with Crippen LogP contribution in [0.5, 0.6) is 0 Å². The monoisotopic (exact) mass is 523 g/mol. The van der Waals surface area contributed by atoms with Gasteiger partial charge < -0.3 is 19.8 Å². The molecule has 2 fully saturated rings. The third-order valence-corrected chi connectivity index (χ3v) is 10.1. The molecule has 8 heteroatoms. The average molecular weight is 524 g/mol. The summed E-state index contributed by atoms with van der Waals surface area (Å²) < 4.78 is -1.45. The Bertz CT molecular complexity index is 1180. The number of fused-ring (bicyclic) bond motifs is 2. The summed E-state index contributed by atoms with van der Waals surface area (Å²) in [4.78, 5) is 48.0. The number of rotatable bonds is 6. The molecule has 1 aromatic carbocycles.